The maximum Gasteiger partial charge on any atom is 0.232 e. The number of nitrogens with one attached hydrogen (secondary N) is 1. The van der Waals surface area contributed by atoms with Crippen molar-refractivity contribution in [3.05, 3.63) is 67.0 Å². The summed E-state index contributed by atoms with van der Waals surface area (Å²) >= 11 is 0. The molecule has 2 aromatic heterocycles. The van der Waals surface area contributed by atoms with Crippen molar-refractivity contribution in [2.45, 2.75) is 6.92 Å². The Labute approximate surface area is 188 Å². The van der Waals surface area contributed by atoms with E-state index in [0.29, 0.717) is 5.71 Å². The second-order valence-corrected chi connectivity index (χ2v) is 8.14. The van der Waals surface area contributed by atoms with E-state index in [2.05, 4.69) is 68.4 Å². The van der Waals surface area contributed by atoms with Crippen molar-refractivity contribution in [3.8, 4) is 22.5 Å². The van der Waals surface area contributed by atoms with Gasteiger partial charge in [0, 0.05) is 50.4 Å². The van der Waals surface area contributed by atoms with Crippen molar-refractivity contribution in [1.29, 1.82) is 0 Å². The lowest BCUT2D eigenvalue weighted by Gasteiger charge is -2.34. The first kappa shape index (κ1) is 20.7. The topological polar surface area (TPSA) is 57.4 Å². The van der Waals surface area contributed by atoms with Crippen LogP contribution in [0.1, 0.15) is 6.92 Å². The molecule has 1 saturated heterocycles. The minimum Gasteiger partial charge on any atom is -0.437 e. The molecular weight excluding hydrogens is 398 g/mol. The molecule has 2 aromatic carbocycles. The monoisotopic (exact) mass is 427 g/mol. The summed E-state index contributed by atoms with van der Waals surface area (Å²) < 4.78 is 6.29. The zero-order chi connectivity index (χ0) is 21.8. The number of furan rings is 1. The van der Waals surface area contributed by atoms with Crippen LogP contribution in [0, 0.1) is 0 Å². The van der Waals surface area contributed by atoms with Gasteiger partial charge in [0.2, 0.25) is 5.71 Å². The molecule has 0 aliphatic carbocycles. The molecule has 6 heteroatoms. The van der Waals surface area contributed by atoms with Crippen molar-refractivity contribution < 1.29 is 4.42 Å². The zero-order valence-electron chi connectivity index (χ0n) is 18.5. The van der Waals surface area contributed by atoms with E-state index in [1.54, 1.807) is 6.33 Å². The Balaban J connectivity index is 1.46. The zero-order valence-corrected chi connectivity index (χ0v) is 18.5. The number of hydrogen-bond donors (Lipinski definition) is 1. The van der Waals surface area contributed by atoms with Crippen LogP contribution in [0.25, 0.3) is 33.6 Å². The highest BCUT2D eigenvalue weighted by molar-refractivity contribution is 6.05. The van der Waals surface area contributed by atoms with Crippen LogP contribution in [0.2, 0.25) is 0 Å². The fourth-order valence-corrected chi connectivity index (χ4v) is 4.40. The smallest absolute Gasteiger partial charge is 0.232 e. The van der Waals surface area contributed by atoms with Crippen LogP contribution in [0.4, 0.5) is 5.82 Å². The maximum atomic E-state index is 6.29. The number of benzene rings is 2. The van der Waals surface area contributed by atoms with Gasteiger partial charge in [0.05, 0.1) is 5.39 Å². The van der Waals surface area contributed by atoms with Crippen LogP contribution in [-0.2, 0) is 0 Å². The molecule has 3 heterocycles. The van der Waals surface area contributed by atoms with E-state index in [-0.39, 0.29) is 0 Å². The van der Waals surface area contributed by atoms with Gasteiger partial charge in [-0.3, -0.25) is 4.90 Å². The average Bonchev–Trinajstić information content (AvgIpc) is 3.26. The quantitative estimate of drug-likeness (QED) is 0.465. The second-order valence-electron chi connectivity index (χ2n) is 8.14. The Hall–Kier alpha value is -3.22. The number of nitrogens with zero attached hydrogens (tertiary/aromatic N) is 4. The van der Waals surface area contributed by atoms with Gasteiger partial charge in [0.15, 0.2) is 0 Å². The largest absolute Gasteiger partial charge is 0.437 e. The van der Waals surface area contributed by atoms with Gasteiger partial charge in [-0.25, -0.2) is 9.97 Å². The normalized spacial score (nSPS) is 15.3. The molecule has 1 N–H and O–H groups in total. The molecule has 6 nitrogen and oxygen atoms in total. The molecule has 0 atom stereocenters. The lowest BCUT2D eigenvalue weighted by molar-refractivity contribution is 0.141. The predicted octanol–water partition coefficient (Wildman–Crippen LogP) is 4.61. The predicted molar refractivity (Wildman–Crippen MR) is 130 cm³/mol. The van der Waals surface area contributed by atoms with Crippen LogP contribution >= 0.6 is 0 Å². The van der Waals surface area contributed by atoms with Crippen LogP contribution < -0.4 is 5.32 Å². The molecule has 32 heavy (non-hydrogen) atoms. The van der Waals surface area contributed by atoms with Gasteiger partial charge >= 0.3 is 0 Å². The van der Waals surface area contributed by atoms with E-state index in [9.17, 15) is 0 Å². The molecule has 4 aromatic rings. The third kappa shape index (κ3) is 4.24. The van der Waals surface area contributed by atoms with Crippen molar-refractivity contribution in [2.75, 3.05) is 51.1 Å². The standard InChI is InChI=1S/C26H29N5O/c1-2-30-15-17-31(18-16-30)14-13-27-25-23-22(20-9-5-3-6-10-20)24(21-11-7-4-8-12-21)32-26(23)29-19-28-25/h3-12,19H,2,13-18H2,1H3,(H,27,28,29). The van der Waals surface area contributed by atoms with Crippen molar-refractivity contribution in [2.24, 2.45) is 0 Å². The second kappa shape index (κ2) is 9.51. The lowest BCUT2D eigenvalue weighted by Crippen LogP contribution is -2.47. The fraction of sp³-hybridized carbons (Fsp3) is 0.308. The molecular formula is C26H29N5O. The summed E-state index contributed by atoms with van der Waals surface area (Å²) in [5.41, 5.74) is 3.77. The van der Waals surface area contributed by atoms with Gasteiger partial charge in [0.1, 0.15) is 17.9 Å². The summed E-state index contributed by atoms with van der Waals surface area (Å²) in [5.74, 6) is 1.65. The Bertz CT molecular complexity index is 1150. The minimum atomic E-state index is 0.608. The van der Waals surface area contributed by atoms with Crippen molar-refractivity contribution in [3.63, 3.8) is 0 Å². The fourth-order valence-electron chi connectivity index (χ4n) is 4.40. The third-order valence-corrected chi connectivity index (χ3v) is 6.22. The number of likely N-dealkylation sites (N-methyl/N-ethyl adjacent to an activating group) is 1. The molecule has 0 radical (unpaired) electrons. The van der Waals surface area contributed by atoms with Gasteiger partial charge in [-0.2, -0.15) is 0 Å². The molecule has 0 bridgehead atoms. The first-order valence-corrected chi connectivity index (χ1v) is 11.4. The number of fused-ring (bicyclic) bond motifs is 1. The van der Waals surface area contributed by atoms with E-state index in [0.717, 1.165) is 79.5 Å². The minimum absolute atomic E-state index is 0.608. The van der Waals surface area contributed by atoms with Crippen LogP contribution in [-0.4, -0.2) is 65.6 Å². The van der Waals surface area contributed by atoms with Gasteiger partial charge in [0.25, 0.3) is 0 Å². The SMILES string of the molecule is CCN1CCN(CCNc2ncnc3oc(-c4ccccc4)c(-c4ccccc4)c23)CC1. The van der Waals surface area contributed by atoms with E-state index in [1.165, 1.54) is 0 Å². The summed E-state index contributed by atoms with van der Waals surface area (Å²) in [7, 11) is 0. The molecule has 0 saturated carbocycles. The third-order valence-electron chi connectivity index (χ3n) is 6.22. The highest BCUT2D eigenvalue weighted by Crippen LogP contribution is 2.42. The Morgan fingerprint density at radius 3 is 2.19 bits per heavy atom. The molecule has 1 aliphatic heterocycles. The van der Waals surface area contributed by atoms with E-state index in [1.807, 2.05) is 24.3 Å². The Morgan fingerprint density at radius 2 is 1.50 bits per heavy atom. The number of rotatable bonds is 7. The molecule has 0 unspecified atom stereocenters. The summed E-state index contributed by atoms with van der Waals surface area (Å²) in [6, 6.07) is 20.6. The molecule has 164 valence electrons. The van der Waals surface area contributed by atoms with Crippen molar-refractivity contribution >= 4 is 16.9 Å². The molecule has 0 spiro atoms. The highest BCUT2D eigenvalue weighted by atomic mass is 16.3. The molecule has 0 amide bonds. The van der Waals surface area contributed by atoms with Crippen LogP contribution in [0.3, 0.4) is 0 Å². The lowest BCUT2D eigenvalue weighted by atomic mass is 9.99. The Morgan fingerprint density at radius 1 is 0.844 bits per heavy atom. The Kier molecular flexibility index (Phi) is 6.14. The van der Waals surface area contributed by atoms with Crippen LogP contribution in [0.5, 0.6) is 0 Å². The summed E-state index contributed by atoms with van der Waals surface area (Å²) in [4.78, 5) is 14.1. The van der Waals surface area contributed by atoms with Gasteiger partial charge < -0.3 is 14.6 Å². The van der Waals surface area contributed by atoms with Gasteiger partial charge in [-0.05, 0) is 12.1 Å². The van der Waals surface area contributed by atoms with Gasteiger partial charge in [-0.1, -0.05) is 67.6 Å². The molecule has 5 rings (SSSR count). The number of piperazine rings is 1. The summed E-state index contributed by atoms with van der Waals surface area (Å²) in [6.07, 6.45) is 1.58. The van der Waals surface area contributed by atoms with Crippen LogP contribution in [0.15, 0.2) is 71.4 Å². The number of hydrogen-bond acceptors (Lipinski definition) is 6. The first-order chi connectivity index (χ1) is 15.8. The van der Waals surface area contributed by atoms with E-state index >= 15 is 0 Å². The molecule has 1 fully saturated rings. The summed E-state index contributed by atoms with van der Waals surface area (Å²) in [6.45, 7) is 9.73. The highest BCUT2D eigenvalue weighted by Gasteiger charge is 2.22. The summed E-state index contributed by atoms with van der Waals surface area (Å²) in [5, 5.41) is 4.51. The van der Waals surface area contributed by atoms with E-state index < -0.39 is 0 Å². The number of anilines is 1. The maximum absolute atomic E-state index is 6.29. The average molecular weight is 428 g/mol. The first-order valence-electron chi connectivity index (χ1n) is 11.4. The van der Waals surface area contributed by atoms with Gasteiger partial charge in [-0.15, -0.1) is 0 Å². The van der Waals surface area contributed by atoms with E-state index in [4.69, 9.17) is 4.42 Å². The number of aromatic nitrogens is 2. The molecule has 1 aliphatic rings. The van der Waals surface area contributed by atoms with Crippen molar-refractivity contribution in [1.82, 2.24) is 19.8 Å².